The minimum absolute atomic E-state index is 0.0356. The lowest BCUT2D eigenvalue weighted by atomic mass is 9.91. The molecule has 1 aliphatic heterocycles. The first-order chi connectivity index (χ1) is 7.58. The van der Waals surface area contributed by atoms with Gasteiger partial charge < -0.3 is 14.7 Å². The van der Waals surface area contributed by atoms with Gasteiger partial charge >= 0.3 is 0 Å². The molecule has 2 atom stereocenters. The summed E-state index contributed by atoms with van der Waals surface area (Å²) < 4.78 is 5.62. The van der Waals surface area contributed by atoms with Gasteiger partial charge in [-0.2, -0.15) is 0 Å². The first kappa shape index (κ1) is 13.5. The summed E-state index contributed by atoms with van der Waals surface area (Å²) >= 11 is 0. The van der Waals surface area contributed by atoms with E-state index in [4.69, 9.17) is 9.84 Å². The second-order valence-electron chi connectivity index (χ2n) is 4.57. The molecule has 0 spiro atoms. The zero-order chi connectivity index (χ0) is 12.1. The Morgan fingerprint density at radius 2 is 1.94 bits per heavy atom. The number of hydrogen-bond donors (Lipinski definition) is 1. The fourth-order valence-electron chi connectivity index (χ4n) is 2.41. The van der Waals surface area contributed by atoms with Crippen LogP contribution in [0.15, 0.2) is 0 Å². The smallest absolute Gasteiger partial charge is 0.225 e. The Morgan fingerprint density at radius 3 is 2.38 bits per heavy atom. The Balaban J connectivity index is 2.57. The molecule has 4 heteroatoms. The number of carbonyl (C=O) groups is 1. The zero-order valence-corrected chi connectivity index (χ0v) is 10.5. The molecule has 0 radical (unpaired) electrons. The quantitative estimate of drug-likeness (QED) is 0.783. The maximum Gasteiger partial charge on any atom is 0.225 e. The van der Waals surface area contributed by atoms with Gasteiger partial charge in [0, 0.05) is 19.0 Å². The fraction of sp³-hybridized carbons (Fsp3) is 0.917. The van der Waals surface area contributed by atoms with Crippen molar-refractivity contribution in [2.75, 3.05) is 19.7 Å². The van der Waals surface area contributed by atoms with Crippen LogP contribution in [0.4, 0.5) is 0 Å². The standard InChI is InChI=1S/C12H23NO3/c1-4-13(5-6-14)12(15)11-7-9(2)16-10(3)8-11/h9-11,14H,4-8H2,1-3H3. The van der Waals surface area contributed by atoms with Crippen LogP contribution in [-0.4, -0.2) is 47.8 Å². The first-order valence-electron chi connectivity index (χ1n) is 6.13. The van der Waals surface area contributed by atoms with Crippen LogP contribution in [0.5, 0.6) is 0 Å². The van der Waals surface area contributed by atoms with Gasteiger partial charge in [-0.05, 0) is 33.6 Å². The van der Waals surface area contributed by atoms with Gasteiger partial charge in [-0.25, -0.2) is 0 Å². The van der Waals surface area contributed by atoms with Crippen molar-refractivity contribution < 1.29 is 14.6 Å². The number of carbonyl (C=O) groups excluding carboxylic acids is 1. The highest BCUT2D eigenvalue weighted by atomic mass is 16.5. The Kier molecular flexibility index (Phi) is 5.22. The van der Waals surface area contributed by atoms with Crippen molar-refractivity contribution in [2.24, 2.45) is 5.92 Å². The fourth-order valence-corrected chi connectivity index (χ4v) is 2.41. The normalized spacial score (nSPS) is 30.1. The van der Waals surface area contributed by atoms with Crippen molar-refractivity contribution in [1.82, 2.24) is 4.90 Å². The van der Waals surface area contributed by atoms with Gasteiger partial charge in [0.1, 0.15) is 0 Å². The number of ether oxygens (including phenoxy) is 1. The van der Waals surface area contributed by atoms with Gasteiger partial charge in [-0.3, -0.25) is 4.79 Å². The molecule has 0 bridgehead atoms. The largest absolute Gasteiger partial charge is 0.395 e. The molecule has 1 heterocycles. The van der Waals surface area contributed by atoms with Crippen LogP contribution in [0, 0.1) is 5.92 Å². The van der Waals surface area contributed by atoms with Crippen LogP contribution < -0.4 is 0 Å². The number of hydrogen-bond acceptors (Lipinski definition) is 3. The van der Waals surface area contributed by atoms with E-state index in [0.717, 1.165) is 12.8 Å². The molecule has 1 fully saturated rings. The summed E-state index contributed by atoms with van der Waals surface area (Å²) in [4.78, 5) is 13.9. The topological polar surface area (TPSA) is 49.8 Å². The van der Waals surface area contributed by atoms with Crippen molar-refractivity contribution in [3.8, 4) is 0 Å². The van der Waals surface area contributed by atoms with Gasteiger partial charge in [0.2, 0.25) is 5.91 Å². The van der Waals surface area contributed by atoms with Crippen molar-refractivity contribution in [1.29, 1.82) is 0 Å². The van der Waals surface area contributed by atoms with Gasteiger partial charge in [0.25, 0.3) is 0 Å². The van der Waals surface area contributed by atoms with Gasteiger partial charge in [0.05, 0.1) is 18.8 Å². The van der Waals surface area contributed by atoms with Crippen molar-refractivity contribution >= 4 is 5.91 Å². The minimum atomic E-state index is 0.0356. The van der Waals surface area contributed by atoms with Gasteiger partial charge in [0.15, 0.2) is 0 Å². The SMILES string of the molecule is CCN(CCO)C(=O)C1CC(C)OC(C)C1. The number of aliphatic hydroxyl groups is 1. The maximum atomic E-state index is 12.2. The van der Waals surface area contributed by atoms with E-state index in [1.54, 1.807) is 4.90 Å². The molecule has 0 aromatic carbocycles. The molecule has 16 heavy (non-hydrogen) atoms. The predicted molar refractivity (Wildman–Crippen MR) is 62.1 cm³/mol. The second-order valence-corrected chi connectivity index (χ2v) is 4.57. The highest BCUT2D eigenvalue weighted by Crippen LogP contribution is 2.26. The van der Waals surface area contributed by atoms with Crippen molar-refractivity contribution in [3.63, 3.8) is 0 Å². The summed E-state index contributed by atoms with van der Waals surface area (Å²) in [6, 6.07) is 0. The molecule has 1 N–H and O–H groups in total. The molecular weight excluding hydrogens is 206 g/mol. The van der Waals surface area contributed by atoms with Crippen LogP contribution in [0.25, 0.3) is 0 Å². The van der Waals surface area contributed by atoms with E-state index in [1.165, 1.54) is 0 Å². The lowest BCUT2D eigenvalue weighted by Crippen LogP contribution is -2.42. The Labute approximate surface area is 97.6 Å². The van der Waals surface area contributed by atoms with E-state index in [-0.39, 0.29) is 30.6 Å². The van der Waals surface area contributed by atoms with E-state index in [2.05, 4.69) is 0 Å². The highest BCUT2D eigenvalue weighted by Gasteiger charge is 2.31. The molecule has 4 nitrogen and oxygen atoms in total. The average molecular weight is 229 g/mol. The summed E-state index contributed by atoms with van der Waals surface area (Å²) in [5.74, 6) is 0.226. The lowest BCUT2D eigenvalue weighted by molar-refractivity contribution is -0.143. The summed E-state index contributed by atoms with van der Waals surface area (Å²) in [6.45, 7) is 7.11. The summed E-state index contributed by atoms with van der Waals surface area (Å²) in [5.41, 5.74) is 0. The molecule has 2 unspecified atom stereocenters. The molecule has 1 aliphatic rings. The molecule has 94 valence electrons. The summed E-state index contributed by atoms with van der Waals surface area (Å²) in [5, 5.41) is 8.90. The van der Waals surface area contributed by atoms with Gasteiger partial charge in [-0.15, -0.1) is 0 Å². The van der Waals surface area contributed by atoms with Gasteiger partial charge in [-0.1, -0.05) is 0 Å². The number of likely N-dealkylation sites (N-methyl/N-ethyl adjacent to an activating group) is 1. The highest BCUT2D eigenvalue weighted by molar-refractivity contribution is 5.79. The number of amides is 1. The predicted octanol–water partition coefficient (Wildman–Crippen LogP) is 1.03. The van der Waals surface area contributed by atoms with Crippen molar-refractivity contribution in [3.05, 3.63) is 0 Å². The number of aliphatic hydroxyl groups excluding tert-OH is 1. The van der Waals surface area contributed by atoms with Crippen LogP contribution >= 0.6 is 0 Å². The lowest BCUT2D eigenvalue weighted by Gasteiger charge is -2.34. The third kappa shape index (κ3) is 3.46. The van der Waals surface area contributed by atoms with E-state index in [0.29, 0.717) is 13.1 Å². The first-order valence-corrected chi connectivity index (χ1v) is 6.13. The maximum absolute atomic E-state index is 12.2. The Bertz CT molecular complexity index is 222. The number of rotatable bonds is 4. The van der Waals surface area contributed by atoms with E-state index in [9.17, 15) is 4.79 Å². The van der Waals surface area contributed by atoms with E-state index >= 15 is 0 Å². The minimum Gasteiger partial charge on any atom is -0.395 e. The molecule has 0 aromatic heterocycles. The zero-order valence-electron chi connectivity index (χ0n) is 10.5. The molecule has 1 amide bonds. The monoisotopic (exact) mass is 229 g/mol. The van der Waals surface area contributed by atoms with E-state index in [1.807, 2.05) is 20.8 Å². The van der Waals surface area contributed by atoms with Crippen LogP contribution in [0.1, 0.15) is 33.6 Å². The molecule has 1 saturated heterocycles. The molecule has 0 aromatic rings. The summed E-state index contributed by atoms with van der Waals surface area (Å²) in [6.07, 6.45) is 1.91. The third-order valence-corrected chi connectivity index (χ3v) is 3.11. The van der Waals surface area contributed by atoms with Crippen LogP contribution in [0.2, 0.25) is 0 Å². The molecular formula is C12H23NO3. The Morgan fingerprint density at radius 1 is 1.38 bits per heavy atom. The molecule has 0 saturated carbocycles. The van der Waals surface area contributed by atoms with Crippen LogP contribution in [-0.2, 0) is 9.53 Å². The molecule has 1 rings (SSSR count). The Hall–Kier alpha value is -0.610. The summed E-state index contributed by atoms with van der Waals surface area (Å²) in [7, 11) is 0. The average Bonchev–Trinajstić information content (AvgIpc) is 2.23. The van der Waals surface area contributed by atoms with E-state index < -0.39 is 0 Å². The number of nitrogens with zero attached hydrogens (tertiary/aromatic N) is 1. The molecule has 0 aliphatic carbocycles. The van der Waals surface area contributed by atoms with Crippen molar-refractivity contribution in [2.45, 2.75) is 45.8 Å². The third-order valence-electron chi connectivity index (χ3n) is 3.11. The van der Waals surface area contributed by atoms with Crippen LogP contribution in [0.3, 0.4) is 0 Å². The second kappa shape index (κ2) is 6.21.